The van der Waals surface area contributed by atoms with Gasteiger partial charge in [-0.3, -0.25) is 0 Å². The van der Waals surface area contributed by atoms with Gasteiger partial charge in [0, 0.05) is 13.1 Å². The topological polar surface area (TPSA) is 83.5 Å². The lowest BCUT2D eigenvalue weighted by atomic mass is 10.1. The molecular formula is C8H14N2O. The molecule has 11 heavy (non-hydrogen) atoms. The summed E-state index contributed by atoms with van der Waals surface area (Å²) in [5.74, 6) is 0. The van der Waals surface area contributed by atoms with E-state index in [2.05, 4.69) is 0 Å². The van der Waals surface area contributed by atoms with Crippen molar-refractivity contribution in [1.82, 2.24) is 0 Å². The Hall–Kier alpha value is -0.900. The fourth-order valence-electron chi connectivity index (χ4n) is 0.956. The van der Waals surface area contributed by atoms with Crippen LogP contribution in [0.1, 0.15) is 11.1 Å². The van der Waals surface area contributed by atoms with Crippen molar-refractivity contribution < 1.29 is 5.48 Å². The van der Waals surface area contributed by atoms with Crippen molar-refractivity contribution in [3.8, 4) is 0 Å². The van der Waals surface area contributed by atoms with Crippen molar-refractivity contribution in [3.63, 3.8) is 0 Å². The van der Waals surface area contributed by atoms with Crippen LogP contribution in [-0.4, -0.2) is 5.48 Å². The van der Waals surface area contributed by atoms with Crippen LogP contribution in [-0.2, 0) is 13.1 Å². The summed E-state index contributed by atoms with van der Waals surface area (Å²) in [5, 5.41) is 0. The molecule has 0 heterocycles. The Bertz CT molecular complexity index is 190. The van der Waals surface area contributed by atoms with E-state index in [9.17, 15) is 0 Å². The van der Waals surface area contributed by atoms with E-state index in [1.54, 1.807) is 0 Å². The van der Waals surface area contributed by atoms with E-state index >= 15 is 0 Å². The normalized spacial score (nSPS) is 8.91. The molecule has 62 valence electrons. The van der Waals surface area contributed by atoms with Gasteiger partial charge >= 0.3 is 0 Å². The third-order valence-electron chi connectivity index (χ3n) is 1.56. The van der Waals surface area contributed by atoms with E-state index in [1.807, 2.05) is 24.3 Å². The molecule has 0 atom stereocenters. The lowest BCUT2D eigenvalue weighted by molar-refractivity contribution is 0.824. The van der Waals surface area contributed by atoms with E-state index in [-0.39, 0.29) is 5.48 Å². The Morgan fingerprint density at radius 3 is 1.55 bits per heavy atom. The summed E-state index contributed by atoms with van der Waals surface area (Å²) >= 11 is 0. The molecule has 3 heteroatoms. The molecule has 0 aromatic heterocycles. The highest BCUT2D eigenvalue weighted by molar-refractivity contribution is 5.26. The van der Waals surface area contributed by atoms with Gasteiger partial charge in [-0.1, -0.05) is 24.3 Å². The minimum Gasteiger partial charge on any atom is -0.412 e. The van der Waals surface area contributed by atoms with E-state index in [0.29, 0.717) is 13.1 Å². The number of nitrogens with two attached hydrogens (primary N) is 2. The van der Waals surface area contributed by atoms with Crippen LogP contribution < -0.4 is 11.5 Å². The standard InChI is InChI=1S/C8H12N2.H2O/c9-5-7-3-1-2-4-8(7)6-10;/h1-4H,5-6,9-10H2;1H2. The first-order valence-corrected chi connectivity index (χ1v) is 3.35. The Kier molecular flexibility index (Phi) is 4.45. The fourth-order valence-corrected chi connectivity index (χ4v) is 0.956. The first kappa shape index (κ1) is 10.1. The van der Waals surface area contributed by atoms with Gasteiger partial charge in [0.05, 0.1) is 0 Å². The van der Waals surface area contributed by atoms with Crippen LogP contribution in [0.4, 0.5) is 0 Å². The molecule has 0 spiro atoms. The van der Waals surface area contributed by atoms with Gasteiger partial charge in [0.15, 0.2) is 0 Å². The Morgan fingerprint density at radius 2 is 1.27 bits per heavy atom. The zero-order valence-corrected chi connectivity index (χ0v) is 6.38. The number of hydrogen-bond donors (Lipinski definition) is 2. The van der Waals surface area contributed by atoms with Crippen molar-refractivity contribution in [2.24, 2.45) is 11.5 Å². The van der Waals surface area contributed by atoms with E-state index in [1.165, 1.54) is 0 Å². The SMILES string of the molecule is NCc1ccccc1CN.O. The van der Waals surface area contributed by atoms with Gasteiger partial charge in [-0.05, 0) is 11.1 Å². The largest absolute Gasteiger partial charge is 0.412 e. The molecule has 3 nitrogen and oxygen atoms in total. The third-order valence-corrected chi connectivity index (χ3v) is 1.56. The molecule has 1 aromatic carbocycles. The van der Waals surface area contributed by atoms with Crippen LogP contribution in [0.3, 0.4) is 0 Å². The molecule has 0 aliphatic rings. The molecule has 1 aromatic rings. The zero-order chi connectivity index (χ0) is 7.40. The number of rotatable bonds is 2. The zero-order valence-electron chi connectivity index (χ0n) is 6.38. The highest BCUT2D eigenvalue weighted by atomic mass is 16.0. The van der Waals surface area contributed by atoms with Crippen LogP contribution >= 0.6 is 0 Å². The minimum absolute atomic E-state index is 0. The van der Waals surface area contributed by atoms with E-state index < -0.39 is 0 Å². The first-order chi connectivity index (χ1) is 4.88. The van der Waals surface area contributed by atoms with Crippen molar-refractivity contribution in [2.45, 2.75) is 13.1 Å². The molecule has 6 N–H and O–H groups in total. The first-order valence-electron chi connectivity index (χ1n) is 3.35. The summed E-state index contributed by atoms with van der Waals surface area (Å²) in [6.07, 6.45) is 0. The average Bonchev–Trinajstić information content (AvgIpc) is 2.04. The van der Waals surface area contributed by atoms with Crippen LogP contribution in [0, 0.1) is 0 Å². The second kappa shape index (κ2) is 4.85. The number of benzene rings is 1. The van der Waals surface area contributed by atoms with Crippen molar-refractivity contribution in [3.05, 3.63) is 35.4 Å². The summed E-state index contributed by atoms with van der Waals surface area (Å²) in [6, 6.07) is 7.95. The Labute approximate surface area is 66.3 Å². The molecule has 0 aliphatic heterocycles. The Balaban J connectivity index is 0.000001000. The Morgan fingerprint density at radius 1 is 0.909 bits per heavy atom. The molecule has 0 unspecified atom stereocenters. The maximum absolute atomic E-state index is 5.47. The second-order valence-electron chi connectivity index (χ2n) is 2.18. The molecule has 0 aliphatic carbocycles. The van der Waals surface area contributed by atoms with Gasteiger partial charge in [-0.15, -0.1) is 0 Å². The molecule has 0 radical (unpaired) electrons. The fraction of sp³-hybridized carbons (Fsp3) is 0.250. The highest BCUT2D eigenvalue weighted by Crippen LogP contribution is 2.05. The molecule has 0 fully saturated rings. The third kappa shape index (κ3) is 2.31. The summed E-state index contributed by atoms with van der Waals surface area (Å²) in [5.41, 5.74) is 13.2. The van der Waals surface area contributed by atoms with Gasteiger partial charge in [-0.2, -0.15) is 0 Å². The summed E-state index contributed by atoms with van der Waals surface area (Å²) < 4.78 is 0. The second-order valence-corrected chi connectivity index (χ2v) is 2.18. The summed E-state index contributed by atoms with van der Waals surface area (Å²) in [4.78, 5) is 0. The molecular weight excluding hydrogens is 140 g/mol. The van der Waals surface area contributed by atoms with Gasteiger partial charge in [0.1, 0.15) is 0 Å². The van der Waals surface area contributed by atoms with Gasteiger partial charge in [0.2, 0.25) is 0 Å². The van der Waals surface area contributed by atoms with Gasteiger partial charge in [-0.25, -0.2) is 0 Å². The van der Waals surface area contributed by atoms with Crippen LogP contribution in [0.2, 0.25) is 0 Å². The lowest BCUT2D eigenvalue weighted by Gasteiger charge is -2.02. The maximum Gasteiger partial charge on any atom is 0.0181 e. The molecule has 1 rings (SSSR count). The minimum atomic E-state index is 0. The smallest absolute Gasteiger partial charge is 0.0181 e. The maximum atomic E-state index is 5.47. The molecule has 0 saturated heterocycles. The van der Waals surface area contributed by atoms with Gasteiger partial charge < -0.3 is 16.9 Å². The summed E-state index contributed by atoms with van der Waals surface area (Å²) in [7, 11) is 0. The van der Waals surface area contributed by atoms with Crippen LogP contribution in [0.5, 0.6) is 0 Å². The van der Waals surface area contributed by atoms with Gasteiger partial charge in [0.25, 0.3) is 0 Å². The van der Waals surface area contributed by atoms with Crippen LogP contribution in [0.25, 0.3) is 0 Å². The highest BCUT2D eigenvalue weighted by Gasteiger charge is 1.94. The van der Waals surface area contributed by atoms with Crippen molar-refractivity contribution in [1.29, 1.82) is 0 Å². The predicted octanol–water partition coefficient (Wildman–Crippen LogP) is -0.221. The monoisotopic (exact) mass is 154 g/mol. The summed E-state index contributed by atoms with van der Waals surface area (Å²) in [6.45, 7) is 1.15. The molecule has 0 bridgehead atoms. The van der Waals surface area contributed by atoms with Crippen LogP contribution in [0.15, 0.2) is 24.3 Å². The van der Waals surface area contributed by atoms with E-state index in [0.717, 1.165) is 11.1 Å². The quantitative estimate of drug-likeness (QED) is 0.617. The van der Waals surface area contributed by atoms with Crippen molar-refractivity contribution >= 4 is 0 Å². The molecule has 0 saturated carbocycles. The average molecular weight is 154 g/mol. The molecule has 0 amide bonds. The number of hydrogen-bond acceptors (Lipinski definition) is 2. The lowest BCUT2D eigenvalue weighted by Crippen LogP contribution is -2.05. The van der Waals surface area contributed by atoms with Crippen molar-refractivity contribution in [2.75, 3.05) is 0 Å². The van der Waals surface area contributed by atoms with E-state index in [4.69, 9.17) is 11.5 Å². The predicted molar refractivity (Wildman–Crippen MR) is 45.8 cm³/mol.